The molecule has 0 spiro atoms. The van der Waals surface area contributed by atoms with E-state index in [2.05, 4.69) is 22.5 Å². The van der Waals surface area contributed by atoms with Crippen LogP contribution in [0.15, 0.2) is 54.6 Å². The van der Waals surface area contributed by atoms with E-state index in [0.717, 1.165) is 36.2 Å². The topological polar surface area (TPSA) is 67.2 Å². The summed E-state index contributed by atoms with van der Waals surface area (Å²) in [6.45, 7) is 2.80. The van der Waals surface area contributed by atoms with Crippen LogP contribution in [0.1, 0.15) is 35.6 Å². The Kier molecular flexibility index (Phi) is 5.15. The maximum Gasteiger partial charge on any atom is 0.241 e. The normalized spacial score (nSPS) is 13.5. The van der Waals surface area contributed by atoms with Gasteiger partial charge in [0.2, 0.25) is 5.91 Å². The van der Waals surface area contributed by atoms with E-state index in [1.54, 1.807) is 10.7 Å². The minimum Gasteiger partial charge on any atom is -0.507 e. The van der Waals surface area contributed by atoms with Crippen LogP contribution < -0.4 is 5.32 Å². The highest BCUT2D eigenvalue weighted by Gasteiger charge is 2.29. The third kappa shape index (κ3) is 4.25. The number of nitrogens with one attached hydrogen (secondary N) is 1. The number of nitrogens with zero attached hydrogens (tertiary/aromatic N) is 2. The average Bonchev–Trinajstić information content (AvgIpc) is 3.45. The Balaban J connectivity index is 1.45. The summed E-state index contributed by atoms with van der Waals surface area (Å²) in [6.07, 6.45) is 3.06. The molecule has 1 aromatic heterocycles. The highest BCUT2D eigenvalue weighted by molar-refractivity contribution is 5.76. The van der Waals surface area contributed by atoms with Crippen LogP contribution in [0.25, 0.3) is 11.3 Å². The molecule has 1 amide bonds. The minimum atomic E-state index is -0.0408. The first-order valence-electron chi connectivity index (χ1n) is 9.78. The van der Waals surface area contributed by atoms with E-state index < -0.39 is 0 Å². The third-order valence-electron chi connectivity index (χ3n) is 5.11. The molecule has 1 aliphatic rings. The number of rotatable bonds is 7. The molecule has 144 valence electrons. The molecule has 1 heterocycles. The fourth-order valence-electron chi connectivity index (χ4n) is 3.44. The highest BCUT2D eigenvalue weighted by Crippen LogP contribution is 2.42. The molecule has 0 atom stereocenters. The molecule has 0 aliphatic heterocycles. The lowest BCUT2D eigenvalue weighted by atomic mass is 10.1. The zero-order valence-corrected chi connectivity index (χ0v) is 16.1. The zero-order chi connectivity index (χ0) is 19.5. The average molecular weight is 375 g/mol. The fraction of sp³-hybridized carbons (Fsp3) is 0.304. The summed E-state index contributed by atoms with van der Waals surface area (Å²) in [5, 5.41) is 17.9. The molecule has 1 saturated carbocycles. The van der Waals surface area contributed by atoms with E-state index in [1.165, 1.54) is 5.56 Å². The number of hydrogen-bond acceptors (Lipinski definition) is 3. The molecular formula is C23H25N3O2. The van der Waals surface area contributed by atoms with E-state index in [-0.39, 0.29) is 18.2 Å². The molecule has 5 nitrogen and oxygen atoms in total. The van der Waals surface area contributed by atoms with Crippen molar-refractivity contribution in [1.29, 1.82) is 0 Å². The summed E-state index contributed by atoms with van der Waals surface area (Å²) in [6, 6.07) is 17.6. The van der Waals surface area contributed by atoms with E-state index >= 15 is 0 Å². The van der Waals surface area contributed by atoms with Crippen molar-refractivity contribution in [3.63, 3.8) is 0 Å². The smallest absolute Gasteiger partial charge is 0.241 e. The predicted octanol–water partition coefficient (Wildman–Crippen LogP) is 3.80. The Morgan fingerprint density at radius 3 is 2.71 bits per heavy atom. The van der Waals surface area contributed by atoms with E-state index in [9.17, 15) is 9.90 Å². The fourth-order valence-corrected chi connectivity index (χ4v) is 3.44. The Morgan fingerprint density at radius 1 is 1.18 bits per heavy atom. The standard InChI is InChI=1S/C23H25N3O2/c1-16-7-10-22(27)19(13-16)20-14-21(18-8-9-18)26(25-20)15-23(28)24-12-11-17-5-3-2-4-6-17/h2-7,10,13-14,18,27H,8-9,11-12,15H2,1H3,(H,24,28). The highest BCUT2D eigenvalue weighted by atomic mass is 16.3. The van der Waals surface area contributed by atoms with Gasteiger partial charge in [-0.25, -0.2) is 0 Å². The second kappa shape index (κ2) is 7.89. The van der Waals surface area contributed by atoms with Gasteiger partial charge in [-0.3, -0.25) is 9.48 Å². The van der Waals surface area contributed by atoms with Gasteiger partial charge >= 0.3 is 0 Å². The van der Waals surface area contributed by atoms with Gasteiger partial charge in [0, 0.05) is 23.7 Å². The van der Waals surface area contributed by atoms with Gasteiger partial charge in [-0.15, -0.1) is 0 Å². The predicted molar refractivity (Wildman–Crippen MR) is 109 cm³/mol. The van der Waals surface area contributed by atoms with E-state index in [1.807, 2.05) is 43.3 Å². The maximum atomic E-state index is 12.4. The molecule has 1 aliphatic carbocycles. The second-order valence-electron chi connectivity index (χ2n) is 7.49. The molecule has 0 saturated heterocycles. The van der Waals surface area contributed by atoms with E-state index in [4.69, 9.17) is 0 Å². The number of phenols is 1. The molecule has 2 N–H and O–H groups in total. The Labute approximate surface area is 165 Å². The van der Waals surface area contributed by atoms with Crippen LogP contribution in [-0.2, 0) is 17.8 Å². The summed E-state index contributed by atoms with van der Waals surface area (Å²) >= 11 is 0. The van der Waals surface area contributed by atoms with Crippen molar-refractivity contribution in [2.24, 2.45) is 0 Å². The quantitative estimate of drug-likeness (QED) is 0.660. The van der Waals surface area contributed by atoms with Gasteiger partial charge in [0.1, 0.15) is 12.3 Å². The first-order valence-corrected chi connectivity index (χ1v) is 9.78. The van der Waals surface area contributed by atoms with E-state index in [0.29, 0.717) is 18.0 Å². The summed E-state index contributed by atoms with van der Waals surface area (Å²) in [5.41, 5.74) is 4.78. The van der Waals surface area contributed by atoms with Crippen molar-refractivity contribution in [2.75, 3.05) is 6.54 Å². The maximum absolute atomic E-state index is 12.4. The Bertz CT molecular complexity index is 975. The number of benzene rings is 2. The van der Waals surface area contributed by atoms with Crippen molar-refractivity contribution in [1.82, 2.24) is 15.1 Å². The largest absolute Gasteiger partial charge is 0.507 e. The molecular weight excluding hydrogens is 350 g/mol. The molecule has 4 rings (SSSR count). The first-order chi connectivity index (χ1) is 13.6. The van der Waals surface area contributed by atoms with Gasteiger partial charge in [0.25, 0.3) is 0 Å². The van der Waals surface area contributed by atoms with Gasteiger partial charge < -0.3 is 10.4 Å². The Hall–Kier alpha value is -3.08. The van der Waals surface area contributed by atoms with Crippen LogP contribution in [0.4, 0.5) is 0 Å². The molecule has 1 fully saturated rings. The number of aromatic hydroxyl groups is 1. The van der Waals surface area contributed by atoms with Crippen LogP contribution in [0.2, 0.25) is 0 Å². The lowest BCUT2D eigenvalue weighted by Gasteiger charge is -2.08. The van der Waals surface area contributed by atoms with Crippen LogP contribution in [-0.4, -0.2) is 27.3 Å². The number of carbonyl (C=O) groups excluding carboxylic acids is 1. The number of carbonyl (C=O) groups is 1. The lowest BCUT2D eigenvalue weighted by molar-refractivity contribution is -0.121. The van der Waals surface area contributed by atoms with Gasteiger partial charge in [0.15, 0.2) is 0 Å². The third-order valence-corrected chi connectivity index (χ3v) is 5.11. The SMILES string of the molecule is Cc1ccc(O)c(-c2cc(C3CC3)n(CC(=O)NCCc3ccccc3)n2)c1. The Morgan fingerprint density at radius 2 is 1.96 bits per heavy atom. The van der Waals surface area contributed by atoms with Crippen LogP contribution in [0.5, 0.6) is 5.75 Å². The lowest BCUT2D eigenvalue weighted by Crippen LogP contribution is -2.30. The number of phenolic OH excluding ortho intramolecular Hbond substituents is 1. The van der Waals surface area contributed by atoms with Crippen LogP contribution >= 0.6 is 0 Å². The number of aryl methyl sites for hydroxylation is 1. The zero-order valence-electron chi connectivity index (χ0n) is 16.1. The van der Waals surface area contributed by atoms with Crippen molar-refractivity contribution >= 4 is 5.91 Å². The molecule has 2 aromatic carbocycles. The monoisotopic (exact) mass is 375 g/mol. The first kappa shape index (κ1) is 18.3. The van der Waals surface area contributed by atoms with Gasteiger partial charge in [-0.2, -0.15) is 5.10 Å². The van der Waals surface area contributed by atoms with Crippen LogP contribution in [0, 0.1) is 6.92 Å². The van der Waals surface area contributed by atoms with Crippen molar-refractivity contribution in [3.8, 4) is 17.0 Å². The summed E-state index contributed by atoms with van der Waals surface area (Å²) < 4.78 is 1.80. The molecule has 0 unspecified atom stereocenters. The summed E-state index contributed by atoms with van der Waals surface area (Å²) in [4.78, 5) is 12.4. The molecule has 0 bridgehead atoms. The van der Waals surface area contributed by atoms with Crippen molar-refractivity contribution < 1.29 is 9.90 Å². The summed E-state index contributed by atoms with van der Waals surface area (Å²) in [7, 11) is 0. The van der Waals surface area contributed by atoms with Gasteiger partial charge in [0.05, 0.1) is 5.69 Å². The van der Waals surface area contributed by atoms with Crippen molar-refractivity contribution in [3.05, 3.63) is 71.4 Å². The van der Waals surface area contributed by atoms with Gasteiger partial charge in [-0.1, -0.05) is 42.0 Å². The number of aromatic nitrogens is 2. The van der Waals surface area contributed by atoms with Gasteiger partial charge in [-0.05, 0) is 49.9 Å². The molecule has 5 heteroatoms. The second-order valence-corrected chi connectivity index (χ2v) is 7.49. The molecule has 3 aromatic rings. The molecule has 28 heavy (non-hydrogen) atoms. The van der Waals surface area contributed by atoms with Crippen molar-refractivity contribution in [2.45, 2.75) is 38.6 Å². The number of hydrogen-bond donors (Lipinski definition) is 2. The van der Waals surface area contributed by atoms with Crippen LogP contribution in [0.3, 0.4) is 0 Å². The summed E-state index contributed by atoms with van der Waals surface area (Å²) in [5.74, 6) is 0.635. The number of amides is 1. The minimum absolute atomic E-state index is 0.0408. The molecule has 0 radical (unpaired) electrons.